The molecule has 0 saturated heterocycles. The van der Waals surface area contributed by atoms with Crippen molar-refractivity contribution < 1.29 is 0 Å². The zero-order valence-corrected chi connectivity index (χ0v) is 22.2. The lowest BCUT2D eigenvalue weighted by Gasteiger charge is -2.16. The summed E-state index contributed by atoms with van der Waals surface area (Å²) in [6.07, 6.45) is 0. The summed E-state index contributed by atoms with van der Waals surface area (Å²) < 4.78 is 0. The van der Waals surface area contributed by atoms with Crippen molar-refractivity contribution >= 4 is 0 Å². The Kier molecular flexibility index (Phi) is 38.1. The molecule has 0 unspecified atom stereocenters. The lowest BCUT2D eigenvalue weighted by atomic mass is 11.2. The molecule has 0 saturated carbocycles. The Morgan fingerprint density at radius 1 is 0.262 bits per heavy atom. The molecule has 0 aromatic carbocycles. The smallest absolute Gasteiger partial charge is 0.0748 e. The minimum absolute atomic E-state index is 0.326. The van der Waals surface area contributed by atoms with Crippen molar-refractivity contribution in [2.75, 3.05) is 27.1 Å². The maximum atomic E-state index is 4.97. The zero-order valence-electron chi connectivity index (χ0n) is 22.2. The maximum absolute atomic E-state index is 4.97. The van der Waals surface area contributed by atoms with Crippen LogP contribution in [-0.4, -0.2) is 27.1 Å². The van der Waals surface area contributed by atoms with Crippen LogP contribution in [0.5, 0.6) is 0 Å². The normalized spacial score (nSPS) is 11.6. The van der Waals surface area contributed by atoms with Crippen LogP contribution >= 0.6 is 0 Å². The molecule has 0 rings (SSSR count). The minimum Gasteiger partial charge on any atom is -0.260 e. The fourth-order valence-corrected chi connectivity index (χ4v) is 1.42. The number of rotatable bonds is 39. The molecule has 38 heteroatoms. The quantitative estimate of drug-likeness (QED) is 0.0130. The lowest BCUT2D eigenvalue weighted by Crippen LogP contribution is -2.70. The molecule has 0 aromatic heterocycles. The number of nitrogens with one attached hydrogen (secondary N) is 37. The first kappa shape index (κ1) is 40.5. The van der Waals surface area contributed by atoms with Gasteiger partial charge in [-0.25, -0.2) is 32.6 Å². The van der Waals surface area contributed by atoms with Gasteiger partial charge in [-0.3, -0.25) is 11.3 Å². The minimum atomic E-state index is 0.326. The van der Waals surface area contributed by atoms with Crippen molar-refractivity contribution in [1.82, 2.24) is 204 Å². The molecule has 0 fully saturated rings. The second-order valence-electron chi connectivity index (χ2n) is 5.61. The summed E-state index contributed by atoms with van der Waals surface area (Å²) in [7, 11) is 1.75. The van der Waals surface area contributed by atoms with Gasteiger partial charge in [0.15, 0.2) is 0 Å². The summed E-state index contributed by atoms with van der Waals surface area (Å²) in [6, 6.07) is 0. The molecule has 0 aliphatic heterocycles. The van der Waals surface area contributed by atoms with Crippen LogP contribution in [0.3, 0.4) is 0 Å². The first-order chi connectivity index (χ1) is 20.9. The molecule has 39 N–H and O–H groups in total. The monoisotopic (exact) mass is 628 g/mol. The topological polar surface area (TPSA) is 471 Å². The molecule has 0 atom stereocenters. The predicted molar refractivity (Wildman–Crippen MR) is 141 cm³/mol. The van der Waals surface area contributed by atoms with Gasteiger partial charge in [0.05, 0.1) is 20.0 Å². The van der Waals surface area contributed by atoms with Crippen molar-refractivity contribution in [1.29, 1.82) is 0 Å². The fraction of sp³-hybridized carbons (Fsp3) is 1.00. The molecule has 0 spiro atoms. The van der Waals surface area contributed by atoms with Gasteiger partial charge >= 0.3 is 0 Å². The Labute approximate surface area is 238 Å². The molecule has 42 heavy (non-hydrogen) atoms. The molecule has 0 aromatic rings. The van der Waals surface area contributed by atoms with Gasteiger partial charge in [0.2, 0.25) is 0 Å². The van der Waals surface area contributed by atoms with Gasteiger partial charge in [0.1, 0.15) is 0 Å². The summed E-state index contributed by atoms with van der Waals surface area (Å²) >= 11 is 0. The molecule has 38 nitrogen and oxygen atoms in total. The van der Waals surface area contributed by atoms with Crippen LogP contribution in [0.1, 0.15) is 0 Å². The van der Waals surface area contributed by atoms with E-state index in [2.05, 4.69) is 204 Å². The first-order valence-corrected chi connectivity index (χ1v) is 11.2. The lowest BCUT2D eigenvalue weighted by molar-refractivity contribution is 0.186. The van der Waals surface area contributed by atoms with E-state index in [-0.39, 0.29) is 0 Å². The Bertz CT molecular complexity index is 405. The third-order valence-electron chi connectivity index (χ3n) is 2.85. The van der Waals surface area contributed by atoms with Crippen LogP contribution in [0, 0.1) is 0 Å². The van der Waals surface area contributed by atoms with Crippen LogP contribution in [0.25, 0.3) is 0 Å². The molecule has 0 radical (unpaired) electrons. The highest BCUT2D eigenvalue weighted by atomic mass is 16.0. The van der Waals surface area contributed by atoms with E-state index in [1.807, 2.05) is 0 Å². The maximum Gasteiger partial charge on any atom is 0.0748 e. The van der Waals surface area contributed by atoms with Crippen molar-refractivity contribution in [2.24, 2.45) is 5.84 Å². The molecular weight excluding hydrogens is 580 g/mol. The summed E-state index contributed by atoms with van der Waals surface area (Å²) in [6.45, 7) is 1.18. The second kappa shape index (κ2) is 39.5. The molecular formula is C4H48N38. The first-order valence-electron chi connectivity index (χ1n) is 11.2. The van der Waals surface area contributed by atoms with E-state index in [1.54, 1.807) is 7.05 Å². The largest absolute Gasteiger partial charge is 0.260 e. The van der Waals surface area contributed by atoms with E-state index in [9.17, 15) is 0 Å². The van der Waals surface area contributed by atoms with Crippen LogP contribution in [0.15, 0.2) is 0 Å². The number of nitrogens with two attached hydrogens (primary N) is 1. The third-order valence-corrected chi connectivity index (χ3v) is 2.85. The number of hydrogen-bond donors (Lipinski definition) is 38. The van der Waals surface area contributed by atoms with E-state index in [0.717, 1.165) is 0 Å². The van der Waals surface area contributed by atoms with E-state index >= 15 is 0 Å². The Morgan fingerprint density at radius 3 is 0.667 bits per heavy atom. The molecule has 0 aliphatic rings. The molecule has 0 bridgehead atoms. The van der Waals surface area contributed by atoms with E-state index in [1.165, 1.54) is 0 Å². The average Bonchev–Trinajstić information content (AvgIpc) is 3.00. The van der Waals surface area contributed by atoms with Crippen molar-refractivity contribution in [2.45, 2.75) is 0 Å². The van der Waals surface area contributed by atoms with Gasteiger partial charge in [-0.15, -0.1) is 0 Å². The fourth-order valence-electron chi connectivity index (χ4n) is 1.42. The third kappa shape index (κ3) is 38.5. The van der Waals surface area contributed by atoms with E-state index in [0.29, 0.717) is 20.0 Å². The van der Waals surface area contributed by atoms with Crippen LogP contribution < -0.4 is 210 Å². The average molecular weight is 629 g/mol. The van der Waals surface area contributed by atoms with Crippen LogP contribution in [0.2, 0.25) is 0 Å². The summed E-state index contributed by atoms with van der Waals surface area (Å²) in [5.41, 5.74) is 95.1. The molecule has 0 aliphatic carbocycles. The van der Waals surface area contributed by atoms with Crippen LogP contribution in [0.4, 0.5) is 0 Å². The van der Waals surface area contributed by atoms with Crippen molar-refractivity contribution in [3.8, 4) is 0 Å². The van der Waals surface area contributed by atoms with Crippen molar-refractivity contribution in [3.05, 3.63) is 0 Å². The summed E-state index contributed by atoms with van der Waals surface area (Å²) in [5.74, 6) is 4.97. The molecule has 0 amide bonds. The van der Waals surface area contributed by atoms with Gasteiger partial charge in [-0.05, 0) is 7.05 Å². The van der Waals surface area contributed by atoms with Gasteiger partial charge in [0.25, 0.3) is 0 Å². The van der Waals surface area contributed by atoms with Gasteiger partial charge in [-0.1, -0.05) is 0 Å². The standard InChI is InChI=1S/C4H48N38/c1-6-7-2-8-15-22-24-26-28-30-32-34-36-38-40-42-41-39-37-35-33-31-29-27-25-23-18-12-4-11-17-21-20-16-10-3-9-14-19-13-5/h6-42H,2-5H2,1H3. The van der Waals surface area contributed by atoms with Gasteiger partial charge in [-0.2, -0.15) is 166 Å². The highest BCUT2D eigenvalue weighted by Crippen LogP contribution is 1.39. The Balaban J connectivity index is 3.02. The summed E-state index contributed by atoms with van der Waals surface area (Å²) in [4.78, 5) is 0. The number of hydrazine groups is 34. The van der Waals surface area contributed by atoms with E-state index in [4.69, 9.17) is 5.84 Å². The second-order valence-corrected chi connectivity index (χ2v) is 5.61. The predicted octanol–water partition coefficient (Wildman–Crippen LogP) is -18.6. The highest BCUT2D eigenvalue weighted by Gasteiger charge is 1.87. The summed E-state index contributed by atoms with van der Waals surface area (Å²) in [5, 5.41) is 0. The van der Waals surface area contributed by atoms with Crippen LogP contribution in [-0.2, 0) is 0 Å². The van der Waals surface area contributed by atoms with Gasteiger partial charge < -0.3 is 0 Å². The van der Waals surface area contributed by atoms with E-state index < -0.39 is 0 Å². The Hall–Kier alpha value is -1.52. The molecule has 254 valence electrons. The Morgan fingerprint density at radius 2 is 0.452 bits per heavy atom. The highest BCUT2D eigenvalue weighted by molar-refractivity contribution is 4.29. The SMILES string of the molecule is CNNCNNNNNNNNNNNNNNNNNNNNNNNNNCNNNNNNCNNNNN. The zero-order chi connectivity index (χ0) is 30.3. The van der Waals surface area contributed by atoms with Crippen molar-refractivity contribution in [3.63, 3.8) is 0 Å². The van der Waals surface area contributed by atoms with Gasteiger partial charge in [0, 0.05) is 0 Å². The molecule has 0 heterocycles. The number of hydrogen-bond acceptors (Lipinski definition) is 38.